The molecule has 0 saturated heterocycles. The maximum atomic E-state index is 5.99. The van der Waals surface area contributed by atoms with Crippen molar-refractivity contribution in [2.75, 3.05) is 0 Å². The van der Waals surface area contributed by atoms with Gasteiger partial charge in [0.25, 0.3) is 0 Å². The summed E-state index contributed by atoms with van der Waals surface area (Å²) in [4.78, 5) is 1.24. The molecule has 0 fully saturated rings. The quantitative estimate of drug-likeness (QED) is 0.852. The second-order valence-electron chi connectivity index (χ2n) is 3.93. The van der Waals surface area contributed by atoms with Crippen molar-refractivity contribution >= 4 is 38.9 Å². The lowest BCUT2D eigenvalue weighted by molar-refractivity contribution is 0.700. The van der Waals surface area contributed by atoms with Crippen LogP contribution < -0.4 is 5.32 Å². The Morgan fingerprint density at radius 3 is 2.76 bits per heavy atom. The van der Waals surface area contributed by atoms with Gasteiger partial charge in [0.15, 0.2) is 0 Å². The van der Waals surface area contributed by atoms with Crippen LogP contribution in [-0.4, -0.2) is 0 Å². The molecule has 1 aromatic heterocycles. The van der Waals surface area contributed by atoms with Crippen molar-refractivity contribution in [3.63, 3.8) is 0 Å². The normalized spacial score (nSPS) is 10.8. The highest BCUT2D eigenvalue weighted by Crippen LogP contribution is 2.31. The van der Waals surface area contributed by atoms with Gasteiger partial charge in [-0.3, -0.25) is 0 Å². The highest BCUT2D eigenvalue weighted by Gasteiger charge is 2.03. The Labute approximate surface area is 119 Å². The second kappa shape index (κ2) is 6.01. The standard InChI is InChI=1S/C13H13BrClNS/c1-9-3-2-4-10(5-9)7-16-8-11-6-12(14)13(15)17-11/h2-6,16H,7-8H2,1H3. The summed E-state index contributed by atoms with van der Waals surface area (Å²) in [6.45, 7) is 3.85. The predicted molar refractivity (Wildman–Crippen MR) is 78.8 cm³/mol. The minimum Gasteiger partial charge on any atom is -0.308 e. The first-order valence-corrected chi connectivity index (χ1v) is 7.34. The van der Waals surface area contributed by atoms with Crippen LogP contribution in [0.5, 0.6) is 0 Å². The number of thiophene rings is 1. The molecule has 0 bridgehead atoms. The third-order valence-corrected chi connectivity index (χ3v) is 4.88. The van der Waals surface area contributed by atoms with Gasteiger partial charge in [0.05, 0.1) is 0 Å². The summed E-state index contributed by atoms with van der Waals surface area (Å²) in [5.74, 6) is 0. The maximum absolute atomic E-state index is 5.99. The highest BCUT2D eigenvalue weighted by atomic mass is 79.9. The Morgan fingerprint density at radius 2 is 2.12 bits per heavy atom. The molecular formula is C13H13BrClNS. The van der Waals surface area contributed by atoms with Gasteiger partial charge in [-0.25, -0.2) is 0 Å². The summed E-state index contributed by atoms with van der Waals surface area (Å²) < 4.78 is 1.80. The summed E-state index contributed by atoms with van der Waals surface area (Å²) in [7, 11) is 0. The molecule has 17 heavy (non-hydrogen) atoms. The molecule has 1 N–H and O–H groups in total. The molecule has 90 valence electrons. The first-order valence-electron chi connectivity index (χ1n) is 5.35. The number of nitrogens with one attached hydrogen (secondary N) is 1. The van der Waals surface area contributed by atoms with E-state index in [2.05, 4.69) is 58.5 Å². The number of benzene rings is 1. The molecule has 0 unspecified atom stereocenters. The van der Waals surface area contributed by atoms with E-state index in [4.69, 9.17) is 11.6 Å². The number of hydrogen-bond donors (Lipinski definition) is 1. The molecule has 1 aromatic carbocycles. The van der Waals surface area contributed by atoms with Crippen molar-refractivity contribution in [1.29, 1.82) is 0 Å². The lowest BCUT2D eigenvalue weighted by Gasteiger charge is -2.04. The van der Waals surface area contributed by atoms with Crippen molar-refractivity contribution in [3.05, 3.63) is 55.1 Å². The number of rotatable bonds is 4. The molecule has 1 nitrogen and oxygen atoms in total. The number of aryl methyl sites for hydroxylation is 1. The molecule has 0 aliphatic rings. The van der Waals surface area contributed by atoms with Gasteiger partial charge in [0.1, 0.15) is 4.34 Å². The van der Waals surface area contributed by atoms with Crippen LogP contribution in [0.2, 0.25) is 4.34 Å². The topological polar surface area (TPSA) is 12.0 Å². The van der Waals surface area contributed by atoms with Crippen molar-refractivity contribution in [2.24, 2.45) is 0 Å². The largest absolute Gasteiger partial charge is 0.308 e. The molecule has 0 saturated carbocycles. The average Bonchev–Trinajstić information content (AvgIpc) is 2.58. The third kappa shape index (κ3) is 3.81. The molecule has 0 amide bonds. The van der Waals surface area contributed by atoms with E-state index in [1.54, 1.807) is 11.3 Å². The Hall–Kier alpha value is -0.350. The molecule has 0 spiro atoms. The zero-order chi connectivity index (χ0) is 12.3. The monoisotopic (exact) mass is 329 g/mol. The van der Waals surface area contributed by atoms with Crippen molar-refractivity contribution in [2.45, 2.75) is 20.0 Å². The molecule has 4 heteroatoms. The summed E-state index contributed by atoms with van der Waals surface area (Å²) in [6, 6.07) is 10.6. The zero-order valence-electron chi connectivity index (χ0n) is 9.47. The Balaban J connectivity index is 1.87. The summed E-state index contributed by atoms with van der Waals surface area (Å²) >= 11 is 11.0. The zero-order valence-corrected chi connectivity index (χ0v) is 12.6. The van der Waals surface area contributed by atoms with E-state index >= 15 is 0 Å². The minimum absolute atomic E-state index is 0.817. The molecule has 0 radical (unpaired) electrons. The van der Waals surface area contributed by atoms with Gasteiger partial charge < -0.3 is 5.32 Å². The van der Waals surface area contributed by atoms with Gasteiger partial charge >= 0.3 is 0 Å². The third-order valence-electron chi connectivity index (χ3n) is 2.41. The van der Waals surface area contributed by atoms with Crippen molar-refractivity contribution in [1.82, 2.24) is 5.32 Å². The lowest BCUT2D eigenvalue weighted by Crippen LogP contribution is -2.11. The van der Waals surface area contributed by atoms with Crippen LogP contribution in [0.1, 0.15) is 16.0 Å². The summed E-state index contributed by atoms with van der Waals surface area (Å²) in [5, 5.41) is 3.42. The van der Waals surface area contributed by atoms with Crippen LogP contribution >= 0.6 is 38.9 Å². The first-order chi connectivity index (χ1) is 8.15. The van der Waals surface area contributed by atoms with Gasteiger partial charge in [-0.1, -0.05) is 41.4 Å². The van der Waals surface area contributed by atoms with Crippen molar-refractivity contribution < 1.29 is 0 Å². The van der Waals surface area contributed by atoms with E-state index in [1.165, 1.54) is 16.0 Å². The fourth-order valence-electron chi connectivity index (χ4n) is 1.63. The Kier molecular flexibility index (Phi) is 4.62. The van der Waals surface area contributed by atoms with Crippen LogP contribution in [0.4, 0.5) is 0 Å². The van der Waals surface area contributed by atoms with Crippen molar-refractivity contribution in [3.8, 4) is 0 Å². The average molecular weight is 331 g/mol. The molecule has 0 aliphatic carbocycles. The van der Waals surface area contributed by atoms with E-state index in [-0.39, 0.29) is 0 Å². The molecule has 0 aliphatic heterocycles. The van der Waals surface area contributed by atoms with Gasteiger partial charge in [-0.05, 0) is 34.5 Å². The highest BCUT2D eigenvalue weighted by molar-refractivity contribution is 9.10. The van der Waals surface area contributed by atoms with Crippen LogP contribution in [-0.2, 0) is 13.1 Å². The SMILES string of the molecule is Cc1cccc(CNCc2cc(Br)c(Cl)s2)c1. The van der Waals surface area contributed by atoms with E-state index in [0.717, 1.165) is 21.9 Å². The van der Waals surface area contributed by atoms with E-state index in [9.17, 15) is 0 Å². The predicted octanol–water partition coefficient (Wildman–Crippen LogP) is 4.76. The molecule has 2 aromatic rings. The number of hydrogen-bond acceptors (Lipinski definition) is 2. The molecule has 0 atom stereocenters. The fraction of sp³-hybridized carbons (Fsp3) is 0.231. The van der Waals surface area contributed by atoms with Crippen LogP contribution in [0.3, 0.4) is 0 Å². The van der Waals surface area contributed by atoms with E-state index in [1.807, 2.05) is 0 Å². The first kappa shape index (κ1) is 13.1. The smallest absolute Gasteiger partial charge is 0.107 e. The van der Waals surface area contributed by atoms with Crippen LogP contribution in [0.25, 0.3) is 0 Å². The minimum atomic E-state index is 0.817. The van der Waals surface area contributed by atoms with E-state index < -0.39 is 0 Å². The van der Waals surface area contributed by atoms with Gasteiger partial charge in [-0.2, -0.15) is 0 Å². The summed E-state index contributed by atoms with van der Waals surface area (Å²) in [5.41, 5.74) is 2.61. The maximum Gasteiger partial charge on any atom is 0.107 e. The van der Waals surface area contributed by atoms with Gasteiger partial charge in [0.2, 0.25) is 0 Å². The van der Waals surface area contributed by atoms with Crippen LogP contribution in [0.15, 0.2) is 34.8 Å². The summed E-state index contributed by atoms with van der Waals surface area (Å²) in [6.07, 6.45) is 0. The molecular weight excluding hydrogens is 318 g/mol. The van der Waals surface area contributed by atoms with E-state index in [0.29, 0.717) is 0 Å². The molecule has 1 heterocycles. The van der Waals surface area contributed by atoms with Gasteiger partial charge in [0, 0.05) is 22.4 Å². The molecule has 2 rings (SSSR count). The fourth-order valence-corrected chi connectivity index (χ4v) is 3.39. The lowest BCUT2D eigenvalue weighted by atomic mass is 10.1. The van der Waals surface area contributed by atoms with Gasteiger partial charge in [-0.15, -0.1) is 11.3 Å². The number of halogens is 2. The Morgan fingerprint density at radius 1 is 1.29 bits per heavy atom. The Bertz CT molecular complexity index is 490. The second-order valence-corrected chi connectivity index (χ2v) is 6.52. The van der Waals surface area contributed by atoms with Crippen LogP contribution in [0, 0.1) is 6.92 Å².